The van der Waals surface area contributed by atoms with E-state index in [0.717, 1.165) is 18.4 Å². The van der Waals surface area contributed by atoms with Gasteiger partial charge in [0.05, 0.1) is 11.4 Å². The quantitative estimate of drug-likeness (QED) is 0.922. The van der Waals surface area contributed by atoms with Gasteiger partial charge in [-0.2, -0.15) is 20.7 Å². The van der Waals surface area contributed by atoms with Crippen LogP contribution in [0, 0.1) is 13.8 Å². The number of hydrogen-bond acceptors (Lipinski definition) is 4. The zero-order chi connectivity index (χ0) is 14.3. The fourth-order valence-corrected chi connectivity index (χ4v) is 5.04. The number of aromatic nitrogens is 2. The van der Waals surface area contributed by atoms with Crippen molar-refractivity contribution in [1.82, 2.24) is 14.5 Å². The van der Waals surface area contributed by atoms with Crippen molar-refractivity contribution >= 4 is 21.4 Å². The fourth-order valence-electron chi connectivity index (χ4n) is 2.37. The first-order valence-corrected chi connectivity index (χ1v) is 8.93. The molecule has 1 fully saturated rings. The molecule has 0 radical (unpaired) electrons. The molecule has 2 heterocycles. The van der Waals surface area contributed by atoms with Crippen molar-refractivity contribution in [3.05, 3.63) is 33.8 Å². The number of aromatic amines is 1. The Labute approximate surface area is 122 Å². The molecule has 0 spiro atoms. The van der Waals surface area contributed by atoms with E-state index in [0.29, 0.717) is 22.8 Å². The van der Waals surface area contributed by atoms with Crippen molar-refractivity contribution < 1.29 is 8.42 Å². The highest BCUT2D eigenvalue weighted by Gasteiger charge is 2.40. The van der Waals surface area contributed by atoms with E-state index < -0.39 is 10.0 Å². The van der Waals surface area contributed by atoms with Crippen LogP contribution in [0.15, 0.2) is 21.7 Å². The normalized spacial score (nSPS) is 15.9. The first-order chi connectivity index (χ1) is 9.50. The van der Waals surface area contributed by atoms with Gasteiger partial charge in [0.2, 0.25) is 10.0 Å². The number of rotatable bonds is 5. The molecule has 0 saturated heterocycles. The van der Waals surface area contributed by atoms with Crippen molar-refractivity contribution in [2.45, 2.75) is 44.2 Å². The molecule has 0 aliphatic heterocycles. The van der Waals surface area contributed by atoms with Crippen LogP contribution in [-0.2, 0) is 16.6 Å². The van der Waals surface area contributed by atoms with E-state index in [9.17, 15) is 8.42 Å². The van der Waals surface area contributed by atoms with Crippen LogP contribution in [0.2, 0.25) is 0 Å². The van der Waals surface area contributed by atoms with Gasteiger partial charge in [-0.3, -0.25) is 5.10 Å². The van der Waals surface area contributed by atoms with E-state index in [1.54, 1.807) is 29.5 Å². The van der Waals surface area contributed by atoms with Crippen LogP contribution in [0.1, 0.15) is 29.8 Å². The molecule has 108 valence electrons. The topological polar surface area (TPSA) is 66.1 Å². The second-order valence-corrected chi connectivity index (χ2v) is 7.78. The summed E-state index contributed by atoms with van der Waals surface area (Å²) in [4.78, 5) is 0.333. The first kappa shape index (κ1) is 13.8. The molecule has 0 bridgehead atoms. The number of H-pyrrole nitrogens is 1. The Kier molecular flexibility index (Phi) is 3.43. The van der Waals surface area contributed by atoms with Gasteiger partial charge in [0.1, 0.15) is 4.90 Å². The molecule has 1 aliphatic rings. The summed E-state index contributed by atoms with van der Waals surface area (Å²) in [5, 5.41) is 10.7. The van der Waals surface area contributed by atoms with Crippen molar-refractivity contribution in [1.29, 1.82) is 0 Å². The van der Waals surface area contributed by atoms with Gasteiger partial charge in [0, 0.05) is 12.6 Å². The van der Waals surface area contributed by atoms with E-state index >= 15 is 0 Å². The van der Waals surface area contributed by atoms with E-state index in [-0.39, 0.29) is 6.04 Å². The third kappa shape index (κ3) is 2.41. The lowest BCUT2D eigenvalue weighted by atomic mass is 10.3. The average molecular weight is 311 g/mol. The third-order valence-corrected chi connectivity index (χ3v) is 6.39. The predicted octanol–water partition coefficient (Wildman–Crippen LogP) is 2.44. The minimum absolute atomic E-state index is 0.133. The van der Waals surface area contributed by atoms with Crippen LogP contribution in [0.25, 0.3) is 0 Å². The highest BCUT2D eigenvalue weighted by atomic mass is 32.2. The Bertz CT molecular complexity index is 681. The van der Waals surface area contributed by atoms with Gasteiger partial charge >= 0.3 is 0 Å². The predicted molar refractivity (Wildman–Crippen MR) is 78.1 cm³/mol. The van der Waals surface area contributed by atoms with Gasteiger partial charge in [-0.05, 0) is 49.1 Å². The van der Waals surface area contributed by atoms with Gasteiger partial charge in [0.25, 0.3) is 0 Å². The third-order valence-electron chi connectivity index (χ3n) is 3.50. The molecular weight excluding hydrogens is 294 g/mol. The Morgan fingerprint density at radius 1 is 1.45 bits per heavy atom. The molecule has 7 heteroatoms. The largest absolute Gasteiger partial charge is 0.281 e. The molecular formula is C13H17N3O2S2. The average Bonchev–Trinajstić information content (AvgIpc) is 2.97. The first-order valence-electron chi connectivity index (χ1n) is 6.54. The Morgan fingerprint density at radius 2 is 2.20 bits per heavy atom. The van der Waals surface area contributed by atoms with Crippen molar-refractivity contribution in [2.24, 2.45) is 0 Å². The summed E-state index contributed by atoms with van der Waals surface area (Å²) in [6.45, 7) is 3.93. The minimum atomic E-state index is -3.49. The van der Waals surface area contributed by atoms with Gasteiger partial charge in [0.15, 0.2) is 0 Å². The molecule has 0 unspecified atom stereocenters. The maximum Gasteiger partial charge on any atom is 0.247 e. The number of nitrogens with zero attached hydrogens (tertiary/aromatic N) is 2. The lowest BCUT2D eigenvalue weighted by Crippen LogP contribution is -2.33. The standard InChI is InChI=1S/C13H17N3O2S2/c1-9-13(10(2)15-14-9)20(17,18)16(12-3-4-12)7-11-5-6-19-8-11/h5-6,8,12H,3-4,7H2,1-2H3,(H,14,15). The monoisotopic (exact) mass is 311 g/mol. The molecule has 1 N–H and O–H groups in total. The molecule has 1 saturated carbocycles. The number of aryl methyl sites for hydroxylation is 2. The molecule has 0 atom stereocenters. The lowest BCUT2D eigenvalue weighted by Gasteiger charge is -2.21. The van der Waals surface area contributed by atoms with Gasteiger partial charge in [-0.15, -0.1) is 0 Å². The highest BCUT2D eigenvalue weighted by molar-refractivity contribution is 7.89. The van der Waals surface area contributed by atoms with E-state index in [1.165, 1.54) is 0 Å². The van der Waals surface area contributed by atoms with Gasteiger partial charge < -0.3 is 0 Å². The Morgan fingerprint density at radius 3 is 2.70 bits per heavy atom. The maximum absolute atomic E-state index is 12.9. The van der Waals surface area contributed by atoms with Crippen molar-refractivity contribution in [3.63, 3.8) is 0 Å². The lowest BCUT2D eigenvalue weighted by molar-refractivity contribution is 0.398. The molecule has 1 aliphatic carbocycles. The summed E-state index contributed by atoms with van der Waals surface area (Å²) in [5.74, 6) is 0. The van der Waals surface area contributed by atoms with E-state index in [2.05, 4.69) is 10.2 Å². The smallest absolute Gasteiger partial charge is 0.247 e. The number of sulfonamides is 1. The van der Waals surface area contributed by atoms with Crippen LogP contribution in [0.4, 0.5) is 0 Å². The molecule has 5 nitrogen and oxygen atoms in total. The Hall–Kier alpha value is -1.18. The van der Waals surface area contributed by atoms with E-state index in [1.807, 2.05) is 16.8 Å². The summed E-state index contributed by atoms with van der Waals surface area (Å²) >= 11 is 1.59. The second kappa shape index (κ2) is 4.98. The Balaban J connectivity index is 1.98. The molecule has 20 heavy (non-hydrogen) atoms. The molecule has 0 aromatic carbocycles. The van der Waals surface area contributed by atoms with Crippen molar-refractivity contribution in [2.75, 3.05) is 0 Å². The van der Waals surface area contributed by atoms with Crippen LogP contribution < -0.4 is 0 Å². The number of hydrogen-bond donors (Lipinski definition) is 1. The maximum atomic E-state index is 12.9. The summed E-state index contributed by atoms with van der Waals surface area (Å²) in [6.07, 6.45) is 1.89. The number of nitrogens with one attached hydrogen (secondary N) is 1. The molecule has 2 aromatic rings. The van der Waals surface area contributed by atoms with Crippen LogP contribution in [0.3, 0.4) is 0 Å². The zero-order valence-corrected chi connectivity index (χ0v) is 13.1. The van der Waals surface area contributed by atoms with Crippen molar-refractivity contribution in [3.8, 4) is 0 Å². The van der Waals surface area contributed by atoms with Crippen LogP contribution in [-0.4, -0.2) is 29.0 Å². The summed E-state index contributed by atoms with van der Waals surface area (Å²) in [5.41, 5.74) is 2.20. The van der Waals surface area contributed by atoms with Gasteiger partial charge in [-0.25, -0.2) is 8.42 Å². The molecule has 3 rings (SSSR count). The number of thiophene rings is 1. The fraction of sp³-hybridized carbons (Fsp3) is 0.462. The summed E-state index contributed by atoms with van der Waals surface area (Å²) in [6, 6.07) is 2.11. The van der Waals surface area contributed by atoms with E-state index in [4.69, 9.17) is 0 Å². The molecule has 2 aromatic heterocycles. The molecule has 0 amide bonds. The SMILES string of the molecule is Cc1n[nH]c(C)c1S(=O)(=O)N(Cc1ccsc1)C1CC1. The second-order valence-electron chi connectivity index (χ2n) is 5.18. The summed E-state index contributed by atoms with van der Waals surface area (Å²) < 4.78 is 27.4. The summed E-state index contributed by atoms with van der Waals surface area (Å²) in [7, 11) is -3.49. The highest BCUT2D eigenvalue weighted by Crippen LogP contribution is 2.35. The van der Waals surface area contributed by atoms with Crippen LogP contribution in [0.5, 0.6) is 0 Å². The zero-order valence-electron chi connectivity index (χ0n) is 11.5. The van der Waals surface area contributed by atoms with Gasteiger partial charge in [-0.1, -0.05) is 0 Å². The van der Waals surface area contributed by atoms with Crippen LogP contribution >= 0.6 is 11.3 Å². The minimum Gasteiger partial charge on any atom is -0.281 e.